The van der Waals surface area contributed by atoms with E-state index in [0.717, 1.165) is 13.3 Å². The van der Waals surface area contributed by atoms with Crippen LogP contribution >= 0.6 is 0 Å². The highest BCUT2D eigenvalue weighted by molar-refractivity contribution is 5.94. The minimum atomic E-state index is -2.35. The third-order valence-electron chi connectivity index (χ3n) is 13.2. The summed E-state index contributed by atoms with van der Waals surface area (Å²) in [6, 6.07) is 6.67. The van der Waals surface area contributed by atoms with Gasteiger partial charge in [-0.3, -0.25) is 9.59 Å². The van der Waals surface area contributed by atoms with E-state index in [1.165, 1.54) is 32.9 Å². The van der Waals surface area contributed by atoms with Gasteiger partial charge in [-0.15, -0.1) is 0 Å². The van der Waals surface area contributed by atoms with Crippen LogP contribution in [0.5, 0.6) is 0 Å². The van der Waals surface area contributed by atoms with Gasteiger partial charge in [0.1, 0.15) is 30.0 Å². The van der Waals surface area contributed by atoms with Crippen molar-refractivity contribution in [1.82, 2.24) is 5.32 Å². The maximum absolute atomic E-state index is 15.1. The lowest BCUT2D eigenvalue weighted by molar-refractivity contribution is -0.359. The molecule has 1 saturated heterocycles. The van der Waals surface area contributed by atoms with Crippen LogP contribution in [0.1, 0.15) is 105 Å². The van der Waals surface area contributed by atoms with Gasteiger partial charge in [0.25, 0.3) is 0 Å². The van der Waals surface area contributed by atoms with Crippen molar-refractivity contribution in [3.63, 3.8) is 0 Å². The van der Waals surface area contributed by atoms with Gasteiger partial charge in [0.15, 0.2) is 17.5 Å². The molecule has 3 aliphatic carbocycles. The standard InChI is InChI=1S/C42H59NO14/c1-11-12-18-53-36(50)43-31(37(4,5)6)29(46)35(49)55-25-19-42(52)33(56-34(48)24-16-14-13-15-17-24)30-40(10,32(47)28(45)27(22(25)2)38(42,7)8)39(9,51)20-26-41(30,21-54-26)57-23(3)44/h13-17,25-26,28-31,33,45-46,51-52H,11-12,18-21H2,1-10H3,(H,43,50)/t25-,26?,28+,29+,30-,31+,33-,39-,40+,41-,42+/m0/s1. The Morgan fingerprint density at radius 2 is 1.65 bits per heavy atom. The average molecular weight is 802 g/mol. The minimum absolute atomic E-state index is 0.0525. The third-order valence-corrected chi connectivity index (χ3v) is 13.2. The fourth-order valence-corrected chi connectivity index (χ4v) is 9.64. The molecule has 0 aromatic heterocycles. The molecule has 3 fully saturated rings. The van der Waals surface area contributed by atoms with Crippen molar-refractivity contribution in [2.75, 3.05) is 13.2 Å². The van der Waals surface area contributed by atoms with Crippen molar-refractivity contribution in [3.8, 4) is 0 Å². The molecule has 4 aliphatic rings. The molecule has 1 aromatic rings. The van der Waals surface area contributed by atoms with Crippen LogP contribution < -0.4 is 5.32 Å². The normalized spacial score (nSPS) is 35.5. The maximum atomic E-state index is 15.1. The number of carbonyl (C=O) groups is 5. The smallest absolute Gasteiger partial charge is 0.407 e. The summed E-state index contributed by atoms with van der Waals surface area (Å²) in [4.78, 5) is 68.8. The Bertz CT molecular complexity index is 1780. The van der Waals surface area contributed by atoms with Gasteiger partial charge >= 0.3 is 24.0 Å². The van der Waals surface area contributed by atoms with E-state index in [1.54, 1.807) is 52.8 Å². The largest absolute Gasteiger partial charge is 0.456 e. The fourth-order valence-electron chi connectivity index (χ4n) is 9.64. The van der Waals surface area contributed by atoms with E-state index in [1.807, 2.05) is 6.92 Å². The first-order valence-corrected chi connectivity index (χ1v) is 19.6. The first-order chi connectivity index (χ1) is 26.3. The number of ether oxygens (including phenoxy) is 5. The number of esters is 3. The van der Waals surface area contributed by atoms with Gasteiger partial charge in [-0.05, 0) is 55.9 Å². The number of Topliss-reactive ketones (excluding diaryl/α,β-unsaturated/α-hetero) is 1. The Labute approximate surface area is 333 Å². The maximum Gasteiger partial charge on any atom is 0.407 e. The Balaban J connectivity index is 1.68. The number of rotatable bonds is 10. The Hall–Kier alpha value is -3.89. The fraction of sp³-hybridized carbons (Fsp3) is 0.690. The van der Waals surface area contributed by atoms with Gasteiger partial charge in [-0.2, -0.15) is 0 Å². The molecule has 2 saturated carbocycles. The number of ketones is 1. The molecular weight excluding hydrogens is 742 g/mol. The Morgan fingerprint density at radius 3 is 2.19 bits per heavy atom. The molecule has 1 aliphatic heterocycles. The lowest BCUT2D eigenvalue weighted by Crippen LogP contribution is -2.83. The number of nitrogens with one attached hydrogen (secondary N) is 1. The molecule has 15 nitrogen and oxygen atoms in total. The number of amides is 1. The van der Waals surface area contributed by atoms with E-state index in [0.29, 0.717) is 6.42 Å². The van der Waals surface area contributed by atoms with Crippen LogP contribution in [0.4, 0.5) is 4.79 Å². The molecule has 1 aromatic carbocycles. The first kappa shape index (κ1) is 44.2. The predicted octanol–water partition coefficient (Wildman–Crippen LogP) is 3.32. The summed E-state index contributed by atoms with van der Waals surface area (Å²) in [6.45, 7) is 15.4. The molecule has 1 amide bonds. The number of fused-ring (bicyclic) bond motifs is 5. The van der Waals surface area contributed by atoms with E-state index in [-0.39, 0.29) is 36.3 Å². The zero-order valence-corrected chi connectivity index (χ0v) is 34.5. The highest BCUT2D eigenvalue weighted by Gasteiger charge is 2.80. The highest BCUT2D eigenvalue weighted by Crippen LogP contribution is 2.66. The van der Waals surface area contributed by atoms with E-state index in [2.05, 4.69) is 5.32 Å². The van der Waals surface area contributed by atoms with Crippen LogP contribution in [0.3, 0.4) is 0 Å². The topological polar surface area (TPSA) is 224 Å². The van der Waals surface area contributed by atoms with Gasteiger partial charge in [0.05, 0.1) is 41.8 Å². The summed E-state index contributed by atoms with van der Waals surface area (Å²) in [7, 11) is 0. The summed E-state index contributed by atoms with van der Waals surface area (Å²) in [5.41, 5.74) is -10.4. The molecule has 15 heteroatoms. The Kier molecular flexibility index (Phi) is 11.9. The summed E-state index contributed by atoms with van der Waals surface area (Å²) in [6.07, 6.45) is -8.40. The second-order valence-electron chi connectivity index (χ2n) is 18.2. The van der Waals surface area contributed by atoms with Crippen molar-refractivity contribution in [3.05, 3.63) is 47.0 Å². The number of alkyl carbamates (subject to hydrolysis) is 1. The lowest BCUT2D eigenvalue weighted by atomic mass is 9.42. The number of aliphatic hydroxyl groups excluding tert-OH is 2. The molecule has 0 radical (unpaired) electrons. The molecule has 0 spiro atoms. The SMILES string of the molecule is CCCCOC(=O)N[C@H]([C@@H](O)C(=O)O[C@H]1C[C@@]2(O)[C@@H](OC(=O)c3ccccc3)[C@@H]3[C@]4(OC(C)=O)COC4C[C@](C)(O)[C@@]3(C)C(=O)[C@H](O)C(=C1C)C2(C)C)C(C)(C)C. The molecule has 2 bridgehead atoms. The highest BCUT2D eigenvalue weighted by atomic mass is 16.6. The summed E-state index contributed by atoms with van der Waals surface area (Å²) in [5.74, 6) is -5.32. The minimum Gasteiger partial charge on any atom is -0.456 e. The summed E-state index contributed by atoms with van der Waals surface area (Å²) < 4.78 is 29.4. The number of unbranched alkanes of at least 4 members (excludes halogenated alkanes) is 1. The van der Waals surface area contributed by atoms with Gasteiger partial charge in [-0.25, -0.2) is 14.4 Å². The second-order valence-corrected chi connectivity index (χ2v) is 18.2. The molecule has 11 atom stereocenters. The number of hydrogen-bond donors (Lipinski definition) is 5. The van der Waals surface area contributed by atoms with Crippen molar-refractivity contribution in [2.24, 2.45) is 22.2 Å². The van der Waals surface area contributed by atoms with E-state index in [4.69, 9.17) is 23.7 Å². The van der Waals surface area contributed by atoms with Gasteiger partial charge < -0.3 is 49.4 Å². The monoisotopic (exact) mass is 801 g/mol. The van der Waals surface area contributed by atoms with Crippen LogP contribution in [0.2, 0.25) is 0 Å². The van der Waals surface area contributed by atoms with Gasteiger partial charge in [0.2, 0.25) is 0 Å². The van der Waals surface area contributed by atoms with Crippen LogP contribution in [0.15, 0.2) is 41.5 Å². The molecule has 57 heavy (non-hydrogen) atoms. The van der Waals surface area contributed by atoms with E-state index >= 15 is 4.79 Å². The quantitative estimate of drug-likeness (QED) is 0.0991. The summed E-state index contributed by atoms with van der Waals surface area (Å²) >= 11 is 0. The van der Waals surface area contributed by atoms with Gasteiger partial charge in [-0.1, -0.05) is 66.2 Å². The average Bonchev–Trinajstić information content (AvgIpc) is 3.11. The predicted molar refractivity (Wildman–Crippen MR) is 202 cm³/mol. The third kappa shape index (κ3) is 7.28. The zero-order valence-electron chi connectivity index (χ0n) is 34.5. The lowest BCUT2D eigenvalue weighted by Gasteiger charge is -2.69. The first-order valence-electron chi connectivity index (χ1n) is 19.6. The van der Waals surface area contributed by atoms with Crippen molar-refractivity contribution >= 4 is 29.8 Å². The number of benzene rings is 1. The number of aliphatic hydroxyl groups is 4. The molecule has 5 rings (SSSR count). The van der Waals surface area contributed by atoms with Crippen LogP contribution in [0, 0.1) is 22.2 Å². The Morgan fingerprint density at radius 1 is 1.02 bits per heavy atom. The van der Waals surface area contributed by atoms with Crippen molar-refractivity contribution < 1.29 is 68.1 Å². The van der Waals surface area contributed by atoms with Crippen LogP contribution in [-0.2, 0) is 38.1 Å². The van der Waals surface area contributed by atoms with E-state index in [9.17, 15) is 39.6 Å². The molecular formula is C42H59NO14. The number of carbonyl (C=O) groups excluding carboxylic acids is 5. The van der Waals surface area contributed by atoms with E-state index < -0.39 is 112 Å². The van der Waals surface area contributed by atoms with Crippen molar-refractivity contribution in [2.45, 2.75) is 148 Å². The number of hydrogen-bond acceptors (Lipinski definition) is 14. The molecule has 316 valence electrons. The van der Waals surface area contributed by atoms with Crippen molar-refractivity contribution in [1.29, 1.82) is 0 Å². The zero-order chi connectivity index (χ0) is 42.7. The molecule has 5 N–H and O–H groups in total. The second kappa shape index (κ2) is 15.4. The molecule has 1 unspecified atom stereocenters. The summed E-state index contributed by atoms with van der Waals surface area (Å²) in [5, 5.41) is 52.0. The van der Waals surface area contributed by atoms with Crippen LogP contribution in [-0.4, -0.2) is 117 Å². The van der Waals surface area contributed by atoms with Crippen LogP contribution in [0.25, 0.3) is 0 Å². The molecule has 1 heterocycles. The van der Waals surface area contributed by atoms with Gasteiger partial charge in [0, 0.05) is 25.2 Å².